The van der Waals surface area contributed by atoms with Gasteiger partial charge in [0, 0.05) is 20.4 Å². The smallest absolute Gasteiger partial charge is 0.242 e. The van der Waals surface area contributed by atoms with E-state index in [1.54, 1.807) is 0 Å². The Hall–Kier alpha value is -0.440. The van der Waals surface area contributed by atoms with Crippen molar-refractivity contribution in [2.45, 2.75) is 11.2 Å². The summed E-state index contributed by atoms with van der Waals surface area (Å²) in [4.78, 5) is 3.58. The van der Waals surface area contributed by atoms with Crippen molar-refractivity contribution in [1.29, 1.82) is 0 Å². The largest absolute Gasteiger partial charge is 0.355 e. The minimum absolute atomic E-state index is 0.0322. The van der Waals surface area contributed by atoms with Crippen LogP contribution in [-0.4, -0.2) is 40.5 Å². The van der Waals surface area contributed by atoms with E-state index in [2.05, 4.69) is 9.71 Å². The van der Waals surface area contributed by atoms with E-state index in [1.807, 2.05) is 0 Å². The van der Waals surface area contributed by atoms with Gasteiger partial charge in [-0.3, -0.25) is 0 Å². The standard InChI is InChI=1S/C9H12Cl2N2O4S/c1-16-8(17-2)5-13-18(14,15)6-3-7(10)9(11)12-4-6/h3-4,8,13H,5H2,1-2H3. The van der Waals surface area contributed by atoms with Crippen LogP contribution in [0.25, 0.3) is 0 Å². The molecule has 0 saturated heterocycles. The highest BCUT2D eigenvalue weighted by atomic mass is 35.5. The Kier molecular flexibility index (Phi) is 5.77. The van der Waals surface area contributed by atoms with Crippen LogP contribution in [0.15, 0.2) is 17.2 Å². The predicted octanol–water partition coefficient (Wildman–Crippen LogP) is 1.29. The second kappa shape index (κ2) is 6.65. The Morgan fingerprint density at radius 2 is 2.00 bits per heavy atom. The number of hydrogen-bond acceptors (Lipinski definition) is 5. The molecular weight excluding hydrogens is 303 g/mol. The quantitative estimate of drug-likeness (QED) is 0.632. The molecule has 0 spiro atoms. The normalized spacial score (nSPS) is 12.1. The molecule has 1 N–H and O–H groups in total. The van der Waals surface area contributed by atoms with Crippen LogP contribution in [0.1, 0.15) is 0 Å². The number of rotatable bonds is 6. The Bertz CT molecular complexity index is 505. The first-order valence-corrected chi connectivity index (χ1v) is 7.01. The highest BCUT2D eigenvalue weighted by Gasteiger charge is 2.18. The van der Waals surface area contributed by atoms with Gasteiger partial charge in [-0.2, -0.15) is 0 Å². The minimum atomic E-state index is -3.73. The molecule has 0 saturated carbocycles. The first-order valence-electron chi connectivity index (χ1n) is 4.77. The van der Waals surface area contributed by atoms with Crippen LogP contribution in [0.2, 0.25) is 10.2 Å². The van der Waals surface area contributed by atoms with E-state index in [0.717, 1.165) is 6.20 Å². The monoisotopic (exact) mass is 314 g/mol. The van der Waals surface area contributed by atoms with Gasteiger partial charge in [-0.1, -0.05) is 23.2 Å². The van der Waals surface area contributed by atoms with Gasteiger partial charge in [-0.15, -0.1) is 0 Å². The summed E-state index contributed by atoms with van der Waals surface area (Å²) in [5, 5.41) is 0.108. The summed E-state index contributed by atoms with van der Waals surface area (Å²) in [7, 11) is -0.919. The molecule has 0 unspecified atom stereocenters. The molecule has 18 heavy (non-hydrogen) atoms. The number of nitrogens with zero attached hydrogens (tertiary/aromatic N) is 1. The summed E-state index contributed by atoms with van der Waals surface area (Å²) in [5.41, 5.74) is 0. The number of halogens is 2. The van der Waals surface area contributed by atoms with Crippen LogP contribution < -0.4 is 4.72 Å². The van der Waals surface area contributed by atoms with Crippen molar-refractivity contribution in [2.75, 3.05) is 20.8 Å². The molecule has 1 heterocycles. The van der Waals surface area contributed by atoms with Crippen LogP contribution in [0.4, 0.5) is 0 Å². The average molecular weight is 315 g/mol. The molecule has 1 aromatic rings. The van der Waals surface area contributed by atoms with Crippen molar-refractivity contribution >= 4 is 33.2 Å². The van der Waals surface area contributed by atoms with Crippen molar-refractivity contribution in [3.63, 3.8) is 0 Å². The van der Waals surface area contributed by atoms with Crippen LogP contribution in [0.3, 0.4) is 0 Å². The van der Waals surface area contributed by atoms with Crippen molar-refractivity contribution in [1.82, 2.24) is 9.71 Å². The second-order valence-electron chi connectivity index (χ2n) is 3.20. The van der Waals surface area contributed by atoms with E-state index in [9.17, 15) is 8.42 Å². The van der Waals surface area contributed by atoms with E-state index in [4.69, 9.17) is 32.7 Å². The molecule has 1 aromatic heterocycles. The molecule has 0 aromatic carbocycles. The number of aromatic nitrogens is 1. The zero-order chi connectivity index (χ0) is 13.8. The average Bonchev–Trinajstić information content (AvgIpc) is 2.33. The molecular formula is C9H12Cl2N2O4S. The maximum atomic E-state index is 11.9. The highest BCUT2D eigenvalue weighted by Crippen LogP contribution is 2.21. The molecule has 102 valence electrons. The van der Waals surface area contributed by atoms with E-state index < -0.39 is 16.3 Å². The Morgan fingerprint density at radius 3 is 2.50 bits per heavy atom. The summed E-state index contributed by atoms with van der Waals surface area (Å²) in [6.45, 7) is -0.0322. The zero-order valence-corrected chi connectivity index (χ0v) is 12.0. The van der Waals surface area contributed by atoms with Crippen LogP contribution in [0.5, 0.6) is 0 Å². The maximum absolute atomic E-state index is 11.9. The zero-order valence-electron chi connectivity index (χ0n) is 9.68. The molecule has 0 aliphatic rings. The van der Waals surface area contributed by atoms with Gasteiger partial charge in [0.1, 0.15) is 10.0 Å². The number of sulfonamides is 1. The number of nitrogens with one attached hydrogen (secondary N) is 1. The van der Waals surface area contributed by atoms with Crippen LogP contribution >= 0.6 is 23.2 Å². The minimum Gasteiger partial charge on any atom is -0.355 e. The number of ether oxygens (including phenoxy) is 2. The van der Waals surface area contributed by atoms with Gasteiger partial charge < -0.3 is 9.47 Å². The first-order chi connectivity index (χ1) is 8.40. The number of pyridine rings is 1. The van der Waals surface area contributed by atoms with Crippen molar-refractivity contribution < 1.29 is 17.9 Å². The lowest BCUT2D eigenvalue weighted by Gasteiger charge is -2.14. The molecule has 0 aliphatic carbocycles. The van der Waals surface area contributed by atoms with Crippen molar-refractivity contribution in [3.05, 3.63) is 22.4 Å². The van der Waals surface area contributed by atoms with Gasteiger partial charge in [0.25, 0.3) is 0 Å². The summed E-state index contributed by atoms with van der Waals surface area (Å²) in [6.07, 6.45) is 0.445. The van der Waals surface area contributed by atoms with Gasteiger partial charge in [-0.25, -0.2) is 18.1 Å². The van der Waals surface area contributed by atoms with Gasteiger partial charge in [0.15, 0.2) is 6.29 Å². The molecule has 0 aliphatic heterocycles. The van der Waals surface area contributed by atoms with E-state index in [-0.39, 0.29) is 21.6 Å². The second-order valence-corrected chi connectivity index (χ2v) is 5.73. The third-order valence-electron chi connectivity index (χ3n) is 2.05. The number of hydrogen-bond donors (Lipinski definition) is 1. The van der Waals surface area contributed by atoms with Crippen LogP contribution in [-0.2, 0) is 19.5 Å². The Balaban J connectivity index is 2.83. The van der Waals surface area contributed by atoms with Crippen LogP contribution in [0, 0.1) is 0 Å². The molecule has 9 heteroatoms. The Morgan fingerprint density at radius 1 is 1.39 bits per heavy atom. The maximum Gasteiger partial charge on any atom is 0.242 e. The van der Waals surface area contributed by atoms with E-state index in [1.165, 1.54) is 20.3 Å². The van der Waals surface area contributed by atoms with Gasteiger partial charge in [0.2, 0.25) is 10.0 Å². The summed E-state index contributed by atoms with van der Waals surface area (Å²) < 4.78 is 35.8. The molecule has 1 rings (SSSR count). The SMILES string of the molecule is COC(CNS(=O)(=O)c1cnc(Cl)c(Cl)c1)OC. The molecule has 0 bridgehead atoms. The van der Waals surface area contributed by atoms with Gasteiger partial charge in [0.05, 0.1) is 11.6 Å². The third-order valence-corrected chi connectivity index (χ3v) is 4.12. The van der Waals surface area contributed by atoms with E-state index >= 15 is 0 Å². The van der Waals surface area contributed by atoms with Crippen molar-refractivity contribution in [3.8, 4) is 0 Å². The fourth-order valence-corrected chi connectivity index (χ4v) is 2.40. The predicted molar refractivity (Wildman–Crippen MR) is 67.3 cm³/mol. The first kappa shape index (κ1) is 15.6. The molecule has 0 radical (unpaired) electrons. The van der Waals surface area contributed by atoms with Gasteiger partial charge in [-0.05, 0) is 6.07 Å². The van der Waals surface area contributed by atoms with Gasteiger partial charge >= 0.3 is 0 Å². The lowest BCUT2D eigenvalue weighted by atomic mass is 10.5. The summed E-state index contributed by atoms with van der Waals surface area (Å²) >= 11 is 11.3. The lowest BCUT2D eigenvalue weighted by molar-refractivity contribution is -0.0960. The van der Waals surface area contributed by atoms with E-state index in [0.29, 0.717) is 0 Å². The highest BCUT2D eigenvalue weighted by molar-refractivity contribution is 7.89. The molecule has 0 atom stereocenters. The number of methoxy groups -OCH3 is 2. The molecule has 0 amide bonds. The van der Waals surface area contributed by atoms with Crippen molar-refractivity contribution in [2.24, 2.45) is 0 Å². The topological polar surface area (TPSA) is 77.5 Å². The molecule has 0 fully saturated rings. The fraction of sp³-hybridized carbons (Fsp3) is 0.444. The summed E-state index contributed by atoms with van der Waals surface area (Å²) in [5.74, 6) is 0. The molecule has 6 nitrogen and oxygen atoms in total. The Labute approximate surface area is 115 Å². The lowest BCUT2D eigenvalue weighted by Crippen LogP contribution is -2.34. The summed E-state index contributed by atoms with van der Waals surface area (Å²) in [6, 6.07) is 1.22. The third kappa shape index (κ3) is 4.04. The fourth-order valence-electron chi connectivity index (χ4n) is 1.07.